The van der Waals surface area contributed by atoms with E-state index in [4.69, 9.17) is 9.47 Å². The Labute approximate surface area is 270 Å². The minimum atomic E-state index is -2.83. The molecule has 2 amide bonds. The summed E-state index contributed by atoms with van der Waals surface area (Å²) in [4.78, 5) is 40.6. The highest BCUT2D eigenvalue weighted by Gasteiger charge is 2.66. The fourth-order valence-electron chi connectivity index (χ4n) is 7.56. The number of ether oxygens (including phenoxy) is 2. The van der Waals surface area contributed by atoms with E-state index >= 15 is 0 Å². The number of aliphatic hydroxyl groups excluding tert-OH is 1. The number of carbonyl (C=O) groups excluding carboxylic acids is 2. The first kappa shape index (κ1) is 32.3. The van der Waals surface area contributed by atoms with E-state index in [-0.39, 0.29) is 35.9 Å². The van der Waals surface area contributed by atoms with E-state index in [2.05, 4.69) is 20.9 Å². The first-order valence-electron chi connectivity index (χ1n) is 16.1. The third-order valence-corrected chi connectivity index (χ3v) is 12.2. The Balaban J connectivity index is 1.27. The quantitative estimate of drug-likeness (QED) is 0.230. The zero-order valence-electron chi connectivity index (χ0n) is 26.9. The molecule has 1 aromatic heterocycles. The Morgan fingerprint density at radius 1 is 1.24 bits per heavy atom. The van der Waals surface area contributed by atoms with Gasteiger partial charge in [-0.25, -0.2) is 0 Å². The van der Waals surface area contributed by atoms with E-state index in [1.54, 1.807) is 16.7 Å². The average molecular weight is 649 g/mol. The molecule has 6 rings (SSSR count). The molecule has 4 heterocycles. The minimum absolute atomic E-state index is 0.00281. The van der Waals surface area contributed by atoms with Crippen LogP contribution in [0.25, 0.3) is 0 Å². The zero-order valence-corrected chi connectivity index (χ0v) is 27.9. The molecule has 1 spiro atoms. The molecule has 12 nitrogen and oxygen atoms in total. The molecule has 2 aromatic carbocycles. The number of hydrogen-bond donors (Lipinski definition) is 4. The van der Waals surface area contributed by atoms with Gasteiger partial charge in [0.25, 0.3) is 5.91 Å². The molecule has 0 aliphatic carbocycles. The highest BCUT2D eigenvalue weighted by atomic mass is 28.4. The number of amides is 2. The summed E-state index contributed by atoms with van der Waals surface area (Å²) in [6, 6.07) is 13.1. The van der Waals surface area contributed by atoms with Crippen LogP contribution >= 0.6 is 0 Å². The van der Waals surface area contributed by atoms with Crippen molar-refractivity contribution in [2.24, 2.45) is 5.92 Å². The summed E-state index contributed by atoms with van der Waals surface area (Å²) in [7, 11) is -1.23. The number of aromatic nitrogens is 3. The van der Waals surface area contributed by atoms with Crippen molar-refractivity contribution in [1.82, 2.24) is 20.3 Å². The average Bonchev–Trinajstić information content (AvgIpc) is 3.82. The lowest BCUT2D eigenvalue weighted by Crippen LogP contribution is -2.46. The van der Waals surface area contributed by atoms with Gasteiger partial charge in [0, 0.05) is 48.5 Å². The van der Waals surface area contributed by atoms with Crippen LogP contribution in [0.2, 0.25) is 18.6 Å². The lowest BCUT2D eigenvalue weighted by atomic mass is 9.82. The number of carbonyl (C=O) groups is 2. The van der Waals surface area contributed by atoms with Crippen molar-refractivity contribution in [3.05, 3.63) is 65.5 Å². The zero-order chi connectivity index (χ0) is 32.6. The maximum Gasteiger partial charge on any atom is 0.264 e. The van der Waals surface area contributed by atoms with Gasteiger partial charge in [-0.3, -0.25) is 14.3 Å². The standard InChI is InChI=1S/C33H44N6O6Si/c1-21-30(46(3,4)43)29(13-16-38-20-24(14-17-40)36-37-38)45-33(21)26-18-25(44-2)11-12-28(26)39(32(33)42)19-22-7-9-23(10-8-22)35-31(41)27-6-5-15-34-27/h7-12,18,20-21,27,29-30,34,40,43H,5-6,13-17,19H2,1-4H3,(H,35,41)/t21-,27-,29+,30-,33+/m1/s1. The first-order valence-corrected chi connectivity index (χ1v) is 19.1. The molecule has 2 fully saturated rings. The number of fused-ring (bicyclic) bond motifs is 2. The topological polar surface area (TPSA) is 151 Å². The van der Waals surface area contributed by atoms with Gasteiger partial charge in [-0.2, -0.15) is 0 Å². The normalized spacial score (nSPS) is 25.8. The molecule has 46 heavy (non-hydrogen) atoms. The second-order valence-electron chi connectivity index (χ2n) is 13.2. The van der Waals surface area contributed by atoms with Crippen LogP contribution < -0.4 is 20.3 Å². The van der Waals surface area contributed by atoms with Gasteiger partial charge < -0.3 is 34.9 Å². The summed E-state index contributed by atoms with van der Waals surface area (Å²) in [5.74, 6) is 0.116. The molecule has 13 heteroatoms. The molecule has 3 aliphatic rings. The number of rotatable bonds is 11. The summed E-state index contributed by atoms with van der Waals surface area (Å²) in [5, 5.41) is 23.8. The Bertz CT molecular complexity index is 1570. The van der Waals surface area contributed by atoms with Crippen LogP contribution in [0.3, 0.4) is 0 Å². The summed E-state index contributed by atoms with van der Waals surface area (Å²) < 4.78 is 14.2. The van der Waals surface area contributed by atoms with Gasteiger partial charge in [0.1, 0.15) is 5.75 Å². The smallest absolute Gasteiger partial charge is 0.264 e. The van der Waals surface area contributed by atoms with Crippen LogP contribution in [0, 0.1) is 5.92 Å². The van der Waals surface area contributed by atoms with Gasteiger partial charge in [0.05, 0.1) is 37.2 Å². The number of aryl methyl sites for hydroxylation is 1. The highest BCUT2D eigenvalue weighted by molar-refractivity contribution is 6.71. The molecule has 0 bridgehead atoms. The number of nitrogens with one attached hydrogen (secondary N) is 2. The number of nitrogens with zero attached hydrogens (tertiary/aromatic N) is 4. The summed E-state index contributed by atoms with van der Waals surface area (Å²) >= 11 is 0. The SMILES string of the molecule is COc1ccc2c(c1)[C@]1(O[C@@H](CCn3cc(CCO)nn3)[C@H]([Si](C)(C)O)[C@H]1C)C(=O)N2Cc1ccc(NC(=O)[C@H]2CCCN2)cc1. The van der Waals surface area contributed by atoms with Crippen molar-refractivity contribution in [3.63, 3.8) is 0 Å². The maximum absolute atomic E-state index is 14.7. The van der Waals surface area contributed by atoms with Crippen LogP contribution in [0.4, 0.5) is 11.4 Å². The van der Waals surface area contributed by atoms with Gasteiger partial charge in [-0.15, -0.1) is 5.10 Å². The number of hydrogen-bond acceptors (Lipinski definition) is 9. The third kappa shape index (κ3) is 5.97. The fourth-order valence-corrected chi connectivity index (χ4v) is 10.2. The highest BCUT2D eigenvalue weighted by Crippen LogP contribution is 2.60. The van der Waals surface area contributed by atoms with Crippen molar-refractivity contribution in [2.75, 3.05) is 30.5 Å². The number of anilines is 2. The molecule has 4 N–H and O–H groups in total. The molecule has 0 unspecified atom stereocenters. The third-order valence-electron chi connectivity index (χ3n) is 9.73. The summed E-state index contributed by atoms with van der Waals surface area (Å²) in [6.07, 6.45) is 4.20. The lowest BCUT2D eigenvalue weighted by Gasteiger charge is -2.32. The van der Waals surface area contributed by atoms with Crippen molar-refractivity contribution in [1.29, 1.82) is 0 Å². The first-order chi connectivity index (χ1) is 22.0. The Morgan fingerprint density at radius 2 is 2.02 bits per heavy atom. The van der Waals surface area contributed by atoms with E-state index in [9.17, 15) is 19.5 Å². The molecular formula is C33H44N6O6Si. The van der Waals surface area contributed by atoms with Crippen molar-refractivity contribution in [2.45, 2.75) is 82.1 Å². The van der Waals surface area contributed by atoms with Crippen LogP contribution in [0.5, 0.6) is 5.75 Å². The van der Waals surface area contributed by atoms with Crippen LogP contribution in [0.1, 0.15) is 43.0 Å². The van der Waals surface area contributed by atoms with E-state index in [1.807, 2.05) is 68.7 Å². The van der Waals surface area contributed by atoms with Crippen molar-refractivity contribution >= 4 is 31.5 Å². The van der Waals surface area contributed by atoms with Crippen molar-refractivity contribution < 1.29 is 29.0 Å². The van der Waals surface area contributed by atoms with Crippen LogP contribution in [-0.4, -0.2) is 77.4 Å². The van der Waals surface area contributed by atoms with Crippen LogP contribution in [-0.2, 0) is 39.4 Å². The molecule has 3 aliphatic heterocycles. The van der Waals surface area contributed by atoms with Gasteiger partial charge in [0.2, 0.25) is 5.91 Å². The molecular weight excluding hydrogens is 604 g/mol. The number of benzene rings is 2. The molecule has 246 valence electrons. The van der Waals surface area contributed by atoms with Gasteiger partial charge in [0.15, 0.2) is 13.9 Å². The van der Waals surface area contributed by atoms with Gasteiger partial charge in [-0.05, 0) is 74.8 Å². The predicted octanol–water partition coefficient (Wildman–Crippen LogP) is 2.95. The van der Waals surface area contributed by atoms with E-state index in [0.717, 1.165) is 36.2 Å². The van der Waals surface area contributed by atoms with E-state index in [1.165, 1.54) is 0 Å². The number of methoxy groups -OCH3 is 1. The van der Waals surface area contributed by atoms with Crippen molar-refractivity contribution in [3.8, 4) is 5.75 Å². The van der Waals surface area contributed by atoms with Gasteiger partial charge in [-0.1, -0.05) is 24.3 Å². The summed E-state index contributed by atoms with van der Waals surface area (Å²) in [6.45, 7) is 7.50. The molecule has 3 aromatic rings. The Kier molecular flexibility index (Phi) is 9.05. The molecule has 2 saturated heterocycles. The predicted molar refractivity (Wildman–Crippen MR) is 175 cm³/mol. The Hall–Kier alpha value is -3.62. The molecule has 0 radical (unpaired) electrons. The second-order valence-corrected chi connectivity index (χ2v) is 17.2. The Morgan fingerprint density at radius 3 is 2.70 bits per heavy atom. The maximum atomic E-state index is 14.7. The van der Waals surface area contributed by atoms with Gasteiger partial charge >= 0.3 is 0 Å². The largest absolute Gasteiger partial charge is 0.497 e. The fraction of sp³-hybridized carbons (Fsp3) is 0.515. The minimum Gasteiger partial charge on any atom is -0.497 e. The number of aliphatic hydroxyl groups is 1. The van der Waals surface area contributed by atoms with E-state index in [0.29, 0.717) is 43.1 Å². The molecule has 5 atom stereocenters. The summed E-state index contributed by atoms with van der Waals surface area (Å²) in [5.41, 5.74) is 2.30. The van der Waals surface area contributed by atoms with E-state index < -0.39 is 20.0 Å². The lowest BCUT2D eigenvalue weighted by molar-refractivity contribution is -0.146. The second kappa shape index (κ2) is 12.9. The van der Waals surface area contributed by atoms with Crippen LogP contribution in [0.15, 0.2) is 48.7 Å². The molecule has 0 saturated carbocycles. The monoisotopic (exact) mass is 648 g/mol.